The normalized spacial score (nSPS) is 22.2. The molecular weight excluding hydrogens is 385 g/mol. The van der Waals surface area contributed by atoms with Crippen molar-refractivity contribution < 1.29 is 19.1 Å². The molecule has 28 heavy (non-hydrogen) atoms. The maximum Gasteiger partial charge on any atom is 0.251 e. The summed E-state index contributed by atoms with van der Waals surface area (Å²) in [7, 11) is 0. The number of hydrogen-bond donors (Lipinski definition) is 3. The van der Waals surface area contributed by atoms with Gasteiger partial charge in [0.1, 0.15) is 5.82 Å². The Labute approximate surface area is 169 Å². The van der Waals surface area contributed by atoms with Crippen LogP contribution in [0.3, 0.4) is 0 Å². The standard InChI is InChI=1S/C20H27ClFN3O3/c21-15-7-14(8-16(22)9-15)20(28)24-11-18-4-3-17(10-19(27)23-5-6-26)25(18)12-13-1-2-13/h7-9,13,17-18,26H,1-6,10-12H2,(H,23,27)(H,24,28)/t17-,18+/m1/s1. The largest absolute Gasteiger partial charge is 0.395 e. The highest BCUT2D eigenvalue weighted by molar-refractivity contribution is 6.31. The highest BCUT2D eigenvalue weighted by atomic mass is 35.5. The first-order valence-electron chi connectivity index (χ1n) is 9.84. The number of halogens is 2. The molecule has 8 heteroatoms. The van der Waals surface area contributed by atoms with Crippen LogP contribution in [-0.4, -0.2) is 60.1 Å². The lowest BCUT2D eigenvalue weighted by molar-refractivity contribution is -0.122. The molecule has 1 saturated heterocycles. The molecule has 1 heterocycles. The molecular formula is C20H27ClFN3O3. The number of nitrogens with one attached hydrogen (secondary N) is 2. The van der Waals surface area contributed by atoms with Gasteiger partial charge in [0, 0.05) is 48.7 Å². The number of likely N-dealkylation sites (tertiary alicyclic amines) is 1. The average Bonchev–Trinajstić information content (AvgIpc) is 3.39. The molecule has 2 fully saturated rings. The first-order chi connectivity index (χ1) is 13.5. The molecule has 0 bridgehead atoms. The van der Waals surface area contributed by atoms with Gasteiger partial charge in [-0.2, -0.15) is 0 Å². The summed E-state index contributed by atoms with van der Waals surface area (Å²) in [5.74, 6) is -0.278. The van der Waals surface area contributed by atoms with E-state index in [-0.39, 0.29) is 47.6 Å². The van der Waals surface area contributed by atoms with Gasteiger partial charge >= 0.3 is 0 Å². The van der Waals surface area contributed by atoms with Crippen molar-refractivity contribution in [1.29, 1.82) is 0 Å². The lowest BCUT2D eigenvalue weighted by Crippen LogP contribution is -2.45. The Hall–Kier alpha value is -1.70. The fraction of sp³-hybridized carbons (Fsp3) is 0.600. The van der Waals surface area contributed by atoms with Crippen LogP contribution in [0.1, 0.15) is 42.5 Å². The van der Waals surface area contributed by atoms with E-state index in [9.17, 15) is 14.0 Å². The molecule has 3 rings (SSSR count). The molecule has 0 unspecified atom stereocenters. The zero-order chi connectivity index (χ0) is 20.1. The number of hydrogen-bond acceptors (Lipinski definition) is 4. The zero-order valence-electron chi connectivity index (χ0n) is 15.8. The van der Waals surface area contributed by atoms with E-state index in [1.54, 1.807) is 0 Å². The molecule has 3 N–H and O–H groups in total. The van der Waals surface area contributed by atoms with Crippen LogP contribution < -0.4 is 10.6 Å². The number of amides is 2. The molecule has 1 aromatic rings. The van der Waals surface area contributed by atoms with E-state index in [0.717, 1.165) is 19.4 Å². The molecule has 0 radical (unpaired) electrons. The van der Waals surface area contributed by atoms with E-state index in [4.69, 9.17) is 16.7 Å². The van der Waals surface area contributed by atoms with E-state index < -0.39 is 5.82 Å². The Bertz CT molecular complexity index is 694. The van der Waals surface area contributed by atoms with Gasteiger partial charge in [0.25, 0.3) is 5.91 Å². The predicted molar refractivity (Wildman–Crippen MR) is 105 cm³/mol. The third kappa shape index (κ3) is 5.90. The molecule has 1 aliphatic carbocycles. The van der Waals surface area contributed by atoms with Crippen LogP contribution >= 0.6 is 11.6 Å². The van der Waals surface area contributed by atoms with E-state index in [0.29, 0.717) is 18.9 Å². The first kappa shape index (κ1) is 21.0. The summed E-state index contributed by atoms with van der Waals surface area (Å²) in [5, 5.41) is 14.6. The van der Waals surface area contributed by atoms with Crippen molar-refractivity contribution in [2.45, 2.75) is 44.2 Å². The van der Waals surface area contributed by atoms with Crippen molar-refractivity contribution in [2.75, 3.05) is 26.2 Å². The van der Waals surface area contributed by atoms with Crippen molar-refractivity contribution in [1.82, 2.24) is 15.5 Å². The topological polar surface area (TPSA) is 81.7 Å². The van der Waals surface area contributed by atoms with Gasteiger partial charge in [-0.25, -0.2) is 4.39 Å². The Morgan fingerprint density at radius 2 is 1.89 bits per heavy atom. The molecule has 2 aliphatic rings. The van der Waals surface area contributed by atoms with Gasteiger partial charge in [-0.15, -0.1) is 0 Å². The Morgan fingerprint density at radius 3 is 2.57 bits per heavy atom. The molecule has 1 saturated carbocycles. The fourth-order valence-corrected chi connectivity index (χ4v) is 4.05. The van der Waals surface area contributed by atoms with Gasteiger partial charge in [0.2, 0.25) is 5.91 Å². The van der Waals surface area contributed by atoms with E-state index in [2.05, 4.69) is 15.5 Å². The lowest BCUT2D eigenvalue weighted by atomic mass is 10.1. The van der Waals surface area contributed by atoms with Crippen molar-refractivity contribution in [2.24, 2.45) is 5.92 Å². The first-order valence-corrected chi connectivity index (χ1v) is 10.2. The monoisotopic (exact) mass is 411 g/mol. The minimum atomic E-state index is -0.539. The smallest absolute Gasteiger partial charge is 0.251 e. The summed E-state index contributed by atoms with van der Waals surface area (Å²) in [4.78, 5) is 26.8. The van der Waals surface area contributed by atoms with Crippen molar-refractivity contribution in [3.63, 3.8) is 0 Å². The zero-order valence-corrected chi connectivity index (χ0v) is 16.6. The number of benzene rings is 1. The van der Waals surface area contributed by atoms with Gasteiger partial charge in [-0.1, -0.05) is 11.6 Å². The highest BCUT2D eigenvalue weighted by Crippen LogP contribution is 2.35. The summed E-state index contributed by atoms with van der Waals surface area (Å²) in [6, 6.07) is 4.09. The number of carbonyl (C=O) groups excluding carboxylic acids is 2. The van der Waals surface area contributed by atoms with Crippen LogP contribution in [0.5, 0.6) is 0 Å². The van der Waals surface area contributed by atoms with Crippen LogP contribution in [0.25, 0.3) is 0 Å². The van der Waals surface area contributed by atoms with Crippen LogP contribution in [0.15, 0.2) is 18.2 Å². The summed E-state index contributed by atoms with van der Waals surface area (Å²) in [5.41, 5.74) is 0.205. The Balaban J connectivity index is 1.57. The van der Waals surface area contributed by atoms with Crippen molar-refractivity contribution in [3.8, 4) is 0 Å². The summed E-state index contributed by atoms with van der Waals surface area (Å²) in [6.07, 6.45) is 4.61. The Morgan fingerprint density at radius 1 is 1.14 bits per heavy atom. The second-order valence-corrected chi connectivity index (χ2v) is 8.11. The second-order valence-electron chi connectivity index (χ2n) is 7.67. The molecule has 2 atom stereocenters. The maximum absolute atomic E-state index is 13.5. The minimum Gasteiger partial charge on any atom is -0.395 e. The Kier molecular flexibility index (Phi) is 7.26. The van der Waals surface area contributed by atoms with E-state index >= 15 is 0 Å². The highest BCUT2D eigenvalue weighted by Gasteiger charge is 2.38. The van der Waals surface area contributed by atoms with E-state index in [1.165, 1.54) is 31.0 Å². The fourth-order valence-electron chi connectivity index (χ4n) is 3.83. The van der Waals surface area contributed by atoms with Crippen LogP contribution in [0.4, 0.5) is 4.39 Å². The predicted octanol–water partition coefficient (Wildman–Crippen LogP) is 1.95. The molecule has 0 spiro atoms. The molecule has 154 valence electrons. The van der Waals surface area contributed by atoms with Crippen LogP contribution in [-0.2, 0) is 4.79 Å². The van der Waals surface area contributed by atoms with E-state index in [1.807, 2.05) is 0 Å². The van der Waals surface area contributed by atoms with Crippen LogP contribution in [0, 0.1) is 11.7 Å². The summed E-state index contributed by atoms with van der Waals surface area (Å²) in [6.45, 7) is 1.59. The number of carbonyl (C=O) groups is 2. The molecule has 2 amide bonds. The van der Waals surface area contributed by atoms with Crippen molar-refractivity contribution >= 4 is 23.4 Å². The number of aliphatic hydroxyl groups is 1. The third-order valence-electron chi connectivity index (χ3n) is 5.42. The molecule has 0 aromatic heterocycles. The number of aliphatic hydroxyl groups excluding tert-OH is 1. The SMILES string of the molecule is O=C(C[C@H]1CC[C@@H](CNC(=O)c2cc(F)cc(Cl)c2)N1CC1CC1)NCCO. The third-order valence-corrected chi connectivity index (χ3v) is 5.63. The van der Waals surface area contributed by atoms with Gasteiger partial charge in [0.15, 0.2) is 0 Å². The quantitative estimate of drug-likeness (QED) is 0.580. The minimum absolute atomic E-state index is 0.0565. The lowest BCUT2D eigenvalue weighted by Gasteiger charge is -2.30. The maximum atomic E-state index is 13.5. The summed E-state index contributed by atoms with van der Waals surface area (Å²) < 4.78 is 13.5. The van der Waals surface area contributed by atoms with Gasteiger partial charge in [0.05, 0.1) is 6.61 Å². The average molecular weight is 412 g/mol. The second kappa shape index (κ2) is 9.67. The van der Waals surface area contributed by atoms with Gasteiger partial charge in [-0.3, -0.25) is 14.5 Å². The number of nitrogens with zero attached hydrogens (tertiary/aromatic N) is 1. The van der Waals surface area contributed by atoms with Gasteiger partial charge in [-0.05, 0) is 49.8 Å². The van der Waals surface area contributed by atoms with Crippen LogP contribution in [0.2, 0.25) is 5.02 Å². The molecule has 1 aromatic carbocycles. The summed E-state index contributed by atoms with van der Waals surface area (Å²) >= 11 is 5.83. The van der Waals surface area contributed by atoms with Gasteiger partial charge < -0.3 is 15.7 Å². The molecule has 1 aliphatic heterocycles. The van der Waals surface area contributed by atoms with Crippen molar-refractivity contribution in [3.05, 3.63) is 34.6 Å². The molecule has 6 nitrogen and oxygen atoms in total. The number of rotatable bonds is 9.